The highest BCUT2D eigenvalue weighted by Gasteiger charge is 2.17. The first kappa shape index (κ1) is 35.4. The fourth-order valence-electron chi connectivity index (χ4n) is 9.91. The first-order valence-corrected chi connectivity index (χ1v) is 21.6. The summed E-state index contributed by atoms with van der Waals surface area (Å²) in [7, 11) is 0. The number of para-hydroxylation sites is 5. The Morgan fingerprint density at radius 1 is 0.254 bits per heavy atom. The minimum atomic E-state index is 0.918. The molecule has 0 unspecified atom stereocenters. The summed E-state index contributed by atoms with van der Waals surface area (Å²) >= 11 is 0. The van der Waals surface area contributed by atoms with Crippen molar-refractivity contribution >= 4 is 65.6 Å². The Balaban J connectivity index is 0.826. The summed E-state index contributed by atoms with van der Waals surface area (Å²) < 4.78 is 11.1. The molecular formula is C60H38N2O. The molecule has 3 nitrogen and oxygen atoms in total. The number of nitrogens with zero attached hydrogens (tertiary/aromatic N) is 2. The molecule has 13 rings (SSSR count). The fraction of sp³-hybridized carbons (Fsp3) is 0. The summed E-state index contributed by atoms with van der Waals surface area (Å²) in [5.41, 5.74) is 18.3. The fourth-order valence-corrected chi connectivity index (χ4v) is 9.91. The molecule has 3 aromatic heterocycles. The molecule has 0 aliphatic heterocycles. The van der Waals surface area contributed by atoms with Gasteiger partial charge < -0.3 is 13.6 Å². The van der Waals surface area contributed by atoms with Crippen molar-refractivity contribution in [3.05, 3.63) is 231 Å². The van der Waals surface area contributed by atoms with Crippen molar-refractivity contribution in [3.8, 4) is 55.9 Å². The molecule has 3 heterocycles. The van der Waals surface area contributed by atoms with Gasteiger partial charge in [-0.15, -0.1) is 0 Å². The molecule has 0 amide bonds. The molecule has 63 heavy (non-hydrogen) atoms. The number of aromatic nitrogens is 2. The van der Waals surface area contributed by atoms with Crippen molar-refractivity contribution in [1.29, 1.82) is 0 Å². The van der Waals surface area contributed by atoms with E-state index in [9.17, 15) is 0 Å². The first-order valence-electron chi connectivity index (χ1n) is 21.6. The van der Waals surface area contributed by atoms with Crippen molar-refractivity contribution in [2.75, 3.05) is 0 Å². The van der Waals surface area contributed by atoms with Gasteiger partial charge >= 0.3 is 0 Å². The van der Waals surface area contributed by atoms with Crippen LogP contribution in [0.5, 0.6) is 0 Å². The maximum absolute atomic E-state index is 6.33. The third-order valence-corrected chi connectivity index (χ3v) is 13.0. The van der Waals surface area contributed by atoms with Gasteiger partial charge in [-0.3, -0.25) is 0 Å². The number of fused-ring (bicyclic) bond motifs is 9. The molecule has 294 valence electrons. The maximum Gasteiger partial charge on any atom is 0.143 e. The second-order valence-electron chi connectivity index (χ2n) is 16.5. The van der Waals surface area contributed by atoms with Crippen molar-refractivity contribution in [1.82, 2.24) is 9.13 Å². The van der Waals surface area contributed by atoms with Crippen LogP contribution < -0.4 is 0 Å². The molecule has 13 aromatic rings. The summed E-state index contributed by atoms with van der Waals surface area (Å²) in [5.74, 6) is 0. The summed E-state index contributed by atoms with van der Waals surface area (Å²) in [6.45, 7) is 0. The molecule has 0 bridgehead atoms. The van der Waals surface area contributed by atoms with Gasteiger partial charge in [0.2, 0.25) is 0 Å². The Labute approximate surface area is 363 Å². The van der Waals surface area contributed by atoms with Crippen LogP contribution in [0.4, 0.5) is 0 Å². The lowest BCUT2D eigenvalue weighted by molar-refractivity contribution is 0.670. The van der Waals surface area contributed by atoms with Crippen LogP contribution in [-0.2, 0) is 0 Å². The highest BCUT2D eigenvalue weighted by molar-refractivity contribution is 6.13. The van der Waals surface area contributed by atoms with Gasteiger partial charge in [0.15, 0.2) is 0 Å². The van der Waals surface area contributed by atoms with E-state index in [1.54, 1.807) is 0 Å². The van der Waals surface area contributed by atoms with Crippen LogP contribution in [0.3, 0.4) is 0 Å². The van der Waals surface area contributed by atoms with Gasteiger partial charge in [-0.25, -0.2) is 0 Å². The zero-order valence-electron chi connectivity index (χ0n) is 34.2. The zero-order chi connectivity index (χ0) is 41.4. The third-order valence-electron chi connectivity index (χ3n) is 13.0. The van der Waals surface area contributed by atoms with Gasteiger partial charge in [-0.05, 0) is 93.5 Å². The number of furan rings is 1. The second-order valence-corrected chi connectivity index (χ2v) is 16.5. The van der Waals surface area contributed by atoms with Gasteiger partial charge in [0, 0.05) is 49.3 Å². The van der Waals surface area contributed by atoms with Crippen molar-refractivity contribution in [2.45, 2.75) is 0 Å². The first-order chi connectivity index (χ1) is 31.2. The van der Waals surface area contributed by atoms with E-state index in [-0.39, 0.29) is 0 Å². The topological polar surface area (TPSA) is 23.0 Å². The SMILES string of the molecule is c1ccc(-n2c3ccccc3c3ccc(-c4ccc5c6ccccc6n(-c6ccc(-c7ccc(-c8ccc(-c9cccc%10c9oc9ccccc9%10)cc8)cc7)cc6)c5c4)cc32)cc1. The normalized spacial score (nSPS) is 11.8. The molecule has 0 spiro atoms. The van der Waals surface area contributed by atoms with Crippen LogP contribution >= 0.6 is 0 Å². The molecule has 3 heteroatoms. The van der Waals surface area contributed by atoms with E-state index in [4.69, 9.17) is 4.42 Å². The van der Waals surface area contributed by atoms with E-state index >= 15 is 0 Å². The van der Waals surface area contributed by atoms with Crippen LogP contribution in [0.1, 0.15) is 0 Å². The molecule has 10 aromatic carbocycles. The van der Waals surface area contributed by atoms with Crippen LogP contribution in [0, 0.1) is 0 Å². The van der Waals surface area contributed by atoms with Crippen LogP contribution in [-0.4, -0.2) is 9.13 Å². The Morgan fingerprint density at radius 3 is 1.24 bits per heavy atom. The van der Waals surface area contributed by atoms with Crippen LogP contribution in [0.15, 0.2) is 235 Å². The van der Waals surface area contributed by atoms with E-state index in [0.29, 0.717) is 0 Å². The number of benzene rings is 10. The maximum atomic E-state index is 6.33. The monoisotopic (exact) mass is 802 g/mol. The van der Waals surface area contributed by atoms with Crippen LogP contribution in [0.2, 0.25) is 0 Å². The van der Waals surface area contributed by atoms with Crippen molar-refractivity contribution < 1.29 is 4.42 Å². The van der Waals surface area contributed by atoms with Crippen molar-refractivity contribution in [2.24, 2.45) is 0 Å². The molecule has 0 atom stereocenters. The lowest BCUT2D eigenvalue weighted by atomic mass is 9.97. The quantitative estimate of drug-likeness (QED) is 0.164. The third kappa shape index (κ3) is 5.67. The number of hydrogen-bond acceptors (Lipinski definition) is 1. The Bertz CT molecular complexity index is 3870. The molecule has 0 aliphatic carbocycles. The second kappa shape index (κ2) is 14.1. The molecule has 0 saturated carbocycles. The van der Waals surface area contributed by atoms with Gasteiger partial charge in [0.1, 0.15) is 11.2 Å². The zero-order valence-corrected chi connectivity index (χ0v) is 34.2. The van der Waals surface area contributed by atoms with E-state index < -0.39 is 0 Å². The predicted molar refractivity (Wildman–Crippen MR) is 264 cm³/mol. The molecule has 0 fully saturated rings. The largest absolute Gasteiger partial charge is 0.455 e. The smallest absolute Gasteiger partial charge is 0.143 e. The molecule has 0 saturated heterocycles. The number of rotatable bonds is 6. The number of hydrogen-bond donors (Lipinski definition) is 0. The van der Waals surface area contributed by atoms with E-state index in [0.717, 1.165) is 44.4 Å². The minimum absolute atomic E-state index is 0.918. The van der Waals surface area contributed by atoms with Crippen LogP contribution in [0.25, 0.3) is 121 Å². The molecule has 0 aliphatic rings. The highest BCUT2D eigenvalue weighted by Crippen LogP contribution is 2.40. The van der Waals surface area contributed by atoms with Crippen molar-refractivity contribution in [3.63, 3.8) is 0 Å². The van der Waals surface area contributed by atoms with Gasteiger partial charge in [0.25, 0.3) is 0 Å². The Kier molecular flexibility index (Phi) is 7.91. The Morgan fingerprint density at radius 2 is 0.667 bits per heavy atom. The summed E-state index contributed by atoms with van der Waals surface area (Å²) in [6.07, 6.45) is 0. The summed E-state index contributed by atoms with van der Waals surface area (Å²) in [5, 5.41) is 7.31. The predicted octanol–water partition coefficient (Wildman–Crippen LogP) is 16.4. The average molecular weight is 803 g/mol. The van der Waals surface area contributed by atoms with Gasteiger partial charge in [0.05, 0.1) is 22.1 Å². The summed E-state index contributed by atoms with van der Waals surface area (Å²) in [6, 6.07) is 83.4. The van der Waals surface area contributed by atoms with Gasteiger partial charge in [-0.1, -0.05) is 176 Å². The molecular weight excluding hydrogens is 765 g/mol. The standard InChI is InChI=1S/C60H38N2O/c1-2-11-46(12-3-1)61-55-18-7-4-13-49(55)51-35-31-44(37-57(51)61)45-32-36-52-50-14-5-8-19-56(50)62(58(52)38-45)47-33-29-42(30-34-47)40-23-21-39(22-24-40)41-25-27-43(28-26-41)48-16-10-17-54-53-15-6-9-20-59(53)63-60(48)54/h1-38H. The average Bonchev–Trinajstić information content (AvgIpc) is 4.02. The van der Waals surface area contributed by atoms with E-state index in [1.165, 1.54) is 77.0 Å². The molecule has 0 radical (unpaired) electrons. The lowest BCUT2D eigenvalue weighted by Gasteiger charge is -2.11. The van der Waals surface area contributed by atoms with E-state index in [2.05, 4.69) is 228 Å². The lowest BCUT2D eigenvalue weighted by Crippen LogP contribution is -1.94. The van der Waals surface area contributed by atoms with Gasteiger partial charge in [-0.2, -0.15) is 0 Å². The molecule has 0 N–H and O–H groups in total. The minimum Gasteiger partial charge on any atom is -0.455 e. The Hall–Kier alpha value is -8.40. The van der Waals surface area contributed by atoms with E-state index in [1.807, 2.05) is 12.1 Å². The highest BCUT2D eigenvalue weighted by atomic mass is 16.3. The summed E-state index contributed by atoms with van der Waals surface area (Å²) in [4.78, 5) is 0.